The minimum Gasteiger partial charge on any atom is -0.491 e. The maximum Gasteiger partial charge on any atom is 0.119 e. The van der Waals surface area contributed by atoms with Crippen molar-refractivity contribution in [1.29, 1.82) is 0 Å². The van der Waals surface area contributed by atoms with Crippen molar-refractivity contribution in [2.45, 2.75) is 39.3 Å². The summed E-state index contributed by atoms with van der Waals surface area (Å²) in [4.78, 5) is 0. The average Bonchev–Trinajstić information content (AvgIpc) is 2.41. The first-order valence-corrected chi connectivity index (χ1v) is 7.13. The number of para-hydroxylation sites is 1. The van der Waals surface area contributed by atoms with Crippen molar-refractivity contribution in [3.63, 3.8) is 0 Å². The fourth-order valence-electron chi connectivity index (χ4n) is 2.02. The van der Waals surface area contributed by atoms with Crippen LogP contribution in [0.2, 0.25) is 0 Å². The third-order valence-electron chi connectivity index (χ3n) is 3.25. The van der Waals surface area contributed by atoms with Gasteiger partial charge in [0.05, 0.1) is 0 Å². The van der Waals surface area contributed by atoms with Crippen LogP contribution in [0, 0.1) is 5.41 Å². The largest absolute Gasteiger partial charge is 0.491 e. The van der Waals surface area contributed by atoms with Gasteiger partial charge in [-0.05, 0) is 24.0 Å². The van der Waals surface area contributed by atoms with Crippen LogP contribution in [0.4, 0.5) is 0 Å². The molecule has 1 aromatic carbocycles. The second kappa shape index (κ2) is 8.25. The van der Waals surface area contributed by atoms with Crippen LogP contribution in [0.25, 0.3) is 0 Å². The van der Waals surface area contributed by atoms with E-state index in [1.165, 1.54) is 0 Å². The molecule has 114 valence electrons. The first-order chi connectivity index (χ1) is 9.43. The van der Waals surface area contributed by atoms with Crippen molar-refractivity contribution in [3.05, 3.63) is 30.3 Å². The van der Waals surface area contributed by atoms with Crippen molar-refractivity contribution in [3.8, 4) is 5.75 Å². The number of hydrogen-bond acceptors (Lipinski definition) is 4. The van der Waals surface area contributed by atoms with Crippen LogP contribution in [-0.4, -0.2) is 42.1 Å². The van der Waals surface area contributed by atoms with Crippen molar-refractivity contribution in [1.82, 2.24) is 5.32 Å². The van der Waals surface area contributed by atoms with Crippen LogP contribution in [0.3, 0.4) is 0 Å². The van der Waals surface area contributed by atoms with Gasteiger partial charge in [-0.15, -0.1) is 0 Å². The Morgan fingerprint density at radius 2 is 1.85 bits per heavy atom. The molecule has 0 amide bonds. The van der Waals surface area contributed by atoms with Gasteiger partial charge in [-0.2, -0.15) is 0 Å². The zero-order valence-electron chi connectivity index (χ0n) is 12.7. The van der Waals surface area contributed by atoms with Crippen LogP contribution in [0.5, 0.6) is 5.75 Å². The highest BCUT2D eigenvalue weighted by Crippen LogP contribution is 2.21. The Bertz CT molecular complexity index is 362. The van der Waals surface area contributed by atoms with E-state index < -0.39 is 6.10 Å². The van der Waals surface area contributed by atoms with Crippen LogP contribution in [0.15, 0.2) is 30.3 Å². The van der Waals surface area contributed by atoms with Gasteiger partial charge < -0.3 is 20.3 Å². The van der Waals surface area contributed by atoms with Crippen molar-refractivity contribution < 1.29 is 14.9 Å². The summed E-state index contributed by atoms with van der Waals surface area (Å²) in [6.07, 6.45) is 0.106. The van der Waals surface area contributed by atoms with Crippen molar-refractivity contribution >= 4 is 0 Å². The molecule has 4 heteroatoms. The van der Waals surface area contributed by atoms with E-state index in [4.69, 9.17) is 9.84 Å². The van der Waals surface area contributed by atoms with E-state index in [1.54, 1.807) is 0 Å². The Labute approximate surface area is 121 Å². The lowest BCUT2D eigenvalue weighted by molar-refractivity contribution is 0.0936. The summed E-state index contributed by atoms with van der Waals surface area (Å²) in [5.74, 6) is 0.759. The number of nitrogens with one attached hydrogen (secondary N) is 1. The molecule has 3 N–H and O–H groups in total. The number of ether oxygens (including phenoxy) is 1. The maximum atomic E-state index is 9.94. The molecule has 4 nitrogen and oxygen atoms in total. The summed E-state index contributed by atoms with van der Waals surface area (Å²) >= 11 is 0. The minimum atomic E-state index is -0.571. The number of rotatable bonds is 8. The molecule has 1 aromatic rings. The smallest absolute Gasteiger partial charge is 0.119 e. The average molecular weight is 281 g/mol. The second-order valence-corrected chi connectivity index (χ2v) is 6.12. The van der Waals surface area contributed by atoms with Gasteiger partial charge in [0.2, 0.25) is 0 Å². The van der Waals surface area contributed by atoms with Crippen LogP contribution in [0.1, 0.15) is 27.2 Å². The predicted octanol–water partition coefficient (Wildman–Crippen LogP) is 1.81. The Kier molecular flexibility index (Phi) is 6.99. The van der Waals surface area contributed by atoms with Gasteiger partial charge in [-0.3, -0.25) is 0 Å². The molecule has 0 aliphatic rings. The second-order valence-electron chi connectivity index (χ2n) is 6.12. The Morgan fingerprint density at radius 1 is 1.20 bits per heavy atom. The lowest BCUT2D eigenvalue weighted by Crippen LogP contribution is -2.45. The van der Waals surface area contributed by atoms with E-state index in [0.717, 1.165) is 5.75 Å². The molecule has 2 unspecified atom stereocenters. The summed E-state index contributed by atoms with van der Waals surface area (Å²) in [6.45, 7) is 7.21. The summed E-state index contributed by atoms with van der Waals surface area (Å²) in [5.41, 5.74) is 0.0444. The Balaban J connectivity index is 2.32. The monoisotopic (exact) mass is 281 g/mol. The van der Waals surface area contributed by atoms with Crippen molar-refractivity contribution in [2.24, 2.45) is 5.41 Å². The first-order valence-electron chi connectivity index (χ1n) is 7.13. The van der Waals surface area contributed by atoms with Crippen LogP contribution in [-0.2, 0) is 0 Å². The van der Waals surface area contributed by atoms with E-state index in [1.807, 2.05) is 30.3 Å². The summed E-state index contributed by atoms with van der Waals surface area (Å²) < 4.78 is 5.51. The normalized spacial score (nSPS) is 14.8. The van der Waals surface area contributed by atoms with Gasteiger partial charge in [-0.25, -0.2) is 0 Å². The topological polar surface area (TPSA) is 61.7 Å². The van der Waals surface area contributed by atoms with Gasteiger partial charge in [0.1, 0.15) is 18.5 Å². The van der Waals surface area contributed by atoms with E-state index in [9.17, 15) is 5.11 Å². The third kappa shape index (κ3) is 6.37. The van der Waals surface area contributed by atoms with E-state index in [2.05, 4.69) is 26.1 Å². The fourth-order valence-corrected chi connectivity index (χ4v) is 2.02. The SMILES string of the molecule is CC(C)(C)C(CCO)NCC(O)COc1ccccc1. The molecule has 0 saturated carbocycles. The molecule has 0 aromatic heterocycles. The molecular weight excluding hydrogens is 254 g/mol. The molecule has 0 radical (unpaired) electrons. The molecule has 1 rings (SSSR count). The third-order valence-corrected chi connectivity index (χ3v) is 3.25. The van der Waals surface area contributed by atoms with Crippen molar-refractivity contribution in [2.75, 3.05) is 19.8 Å². The summed E-state index contributed by atoms with van der Waals surface area (Å²) in [6, 6.07) is 9.62. The molecular formula is C16H27NO3. The molecule has 0 aliphatic carbocycles. The molecule has 0 spiro atoms. The molecule has 0 bridgehead atoms. The van der Waals surface area contributed by atoms with Gasteiger partial charge in [0, 0.05) is 19.2 Å². The fraction of sp³-hybridized carbons (Fsp3) is 0.625. The Morgan fingerprint density at radius 3 is 2.40 bits per heavy atom. The van der Waals surface area contributed by atoms with E-state index >= 15 is 0 Å². The van der Waals surface area contributed by atoms with E-state index in [0.29, 0.717) is 13.0 Å². The maximum absolute atomic E-state index is 9.94. The molecule has 0 saturated heterocycles. The van der Waals surface area contributed by atoms with Gasteiger partial charge in [-0.1, -0.05) is 39.0 Å². The molecule has 20 heavy (non-hydrogen) atoms. The number of aliphatic hydroxyl groups is 2. The predicted molar refractivity (Wildman–Crippen MR) is 80.9 cm³/mol. The van der Waals surface area contributed by atoms with Gasteiger partial charge in [0.15, 0.2) is 0 Å². The quantitative estimate of drug-likeness (QED) is 0.680. The van der Waals surface area contributed by atoms with Gasteiger partial charge >= 0.3 is 0 Å². The highest BCUT2D eigenvalue weighted by molar-refractivity contribution is 5.20. The Hall–Kier alpha value is -1.10. The summed E-state index contributed by atoms with van der Waals surface area (Å²) in [7, 11) is 0. The minimum absolute atomic E-state index is 0.0444. The van der Waals surface area contributed by atoms with Gasteiger partial charge in [0.25, 0.3) is 0 Å². The number of aliphatic hydroxyl groups excluding tert-OH is 2. The number of benzene rings is 1. The summed E-state index contributed by atoms with van der Waals surface area (Å²) in [5, 5.41) is 22.3. The zero-order valence-corrected chi connectivity index (χ0v) is 12.7. The first kappa shape index (κ1) is 17.0. The molecule has 0 heterocycles. The lowest BCUT2D eigenvalue weighted by atomic mass is 9.85. The highest BCUT2D eigenvalue weighted by atomic mass is 16.5. The highest BCUT2D eigenvalue weighted by Gasteiger charge is 2.24. The van der Waals surface area contributed by atoms with Crippen LogP contribution >= 0.6 is 0 Å². The molecule has 2 atom stereocenters. The zero-order chi connectivity index (χ0) is 15.0. The van der Waals surface area contributed by atoms with Crippen LogP contribution < -0.4 is 10.1 Å². The molecule has 0 aliphatic heterocycles. The standard InChI is InChI=1S/C16H27NO3/c1-16(2,3)15(9-10-18)17-11-13(19)12-20-14-7-5-4-6-8-14/h4-8,13,15,17-19H,9-12H2,1-3H3. The lowest BCUT2D eigenvalue weighted by Gasteiger charge is -2.32. The number of hydrogen-bond donors (Lipinski definition) is 3. The van der Waals surface area contributed by atoms with E-state index in [-0.39, 0.29) is 24.7 Å². The molecule has 0 fully saturated rings.